The second-order valence-electron chi connectivity index (χ2n) is 3.89. The molecule has 0 spiro atoms. The lowest BCUT2D eigenvalue weighted by Gasteiger charge is -2.10. The van der Waals surface area contributed by atoms with E-state index in [0.717, 1.165) is 11.4 Å². The van der Waals surface area contributed by atoms with Crippen LogP contribution in [0, 0.1) is 13.8 Å². The maximum atomic E-state index is 9.80. The summed E-state index contributed by atoms with van der Waals surface area (Å²) in [6.07, 6.45) is 0.834. The van der Waals surface area contributed by atoms with Crippen LogP contribution in [0.1, 0.15) is 23.3 Å². The first-order chi connectivity index (χ1) is 8.15. The maximum absolute atomic E-state index is 9.80. The first-order valence-electron chi connectivity index (χ1n) is 5.43. The van der Waals surface area contributed by atoms with Gasteiger partial charge in [0.25, 0.3) is 0 Å². The van der Waals surface area contributed by atoms with Gasteiger partial charge in [-0.3, -0.25) is 0 Å². The van der Waals surface area contributed by atoms with E-state index in [1.54, 1.807) is 12.1 Å². The molecule has 0 saturated heterocycles. The van der Waals surface area contributed by atoms with E-state index in [9.17, 15) is 5.11 Å². The van der Waals surface area contributed by atoms with Crippen molar-refractivity contribution in [3.8, 4) is 0 Å². The Morgan fingerprint density at radius 1 is 1.35 bits per heavy atom. The quantitative estimate of drug-likeness (QED) is 0.843. The van der Waals surface area contributed by atoms with Crippen LogP contribution in [0.15, 0.2) is 28.9 Å². The van der Waals surface area contributed by atoms with Gasteiger partial charge in [0, 0.05) is 11.4 Å². The van der Waals surface area contributed by atoms with E-state index in [1.807, 2.05) is 19.9 Å². The van der Waals surface area contributed by atoms with Crippen molar-refractivity contribution in [3.63, 3.8) is 0 Å². The van der Waals surface area contributed by atoms with Crippen LogP contribution in [0.3, 0.4) is 0 Å². The molecular weight excluding hydrogens is 218 g/mol. The first kappa shape index (κ1) is 11.6. The molecule has 17 heavy (non-hydrogen) atoms. The Labute approximate surface area is 99.5 Å². The zero-order chi connectivity index (χ0) is 12.3. The number of hydrogen-bond acceptors (Lipinski definition) is 5. The van der Waals surface area contributed by atoms with Crippen LogP contribution in [0.25, 0.3) is 0 Å². The average Bonchev–Trinajstić information content (AvgIpc) is 2.78. The van der Waals surface area contributed by atoms with Crippen molar-refractivity contribution in [1.29, 1.82) is 0 Å². The normalized spacial score (nSPS) is 12.4. The third-order valence-corrected chi connectivity index (χ3v) is 2.31. The molecule has 0 radical (unpaired) electrons. The Bertz CT molecular complexity index is 462. The Morgan fingerprint density at radius 2 is 2.06 bits per heavy atom. The molecular formula is C12H15N3O2. The minimum Gasteiger partial charge on any atom is -0.467 e. The SMILES string of the molecule is Cc1cc(C)nc(NCC(O)c2ccco2)n1. The van der Waals surface area contributed by atoms with Crippen molar-refractivity contribution >= 4 is 5.95 Å². The zero-order valence-corrected chi connectivity index (χ0v) is 9.84. The van der Waals surface area contributed by atoms with Gasteiger partial charge in [-0.05, 0) is 32.0 Å². The number of aromatic nitrogens is 2. The third kappa shape index (κ3) is 3.04. The highest BCUT2D eigenvalue weighted by Gasteiger charge is 2.10. The molecule has 90 valence electrons. The highest BCUT2D eigenvalue weighted by molar-refractivity contribution is 5.28. The van der Waals surface area contributed by atoms with E-state index < -0.39 is 6.10 Å². The maximum Gasteiger partial charge on any atom is 0.223 e. The minimum atomic E-state index is -0.700. The number of nitrogens with one attached hydrogen (secondary N) is 1. The topological polar surface area (TPSA) is 71.2 Å². The van der Waals surface area contributed by atoms with Crippen molar-refractivity contribution < 1.29 is 9.52 Å². The molecule has 0 aliphatic rings. The van der Waals surface area contributed by atoms with Crippen molar-refractivity contribution in [2.75, 3.05) is 11.9 Å². The summed E-state index contributed by atoms with van der Waals surface area (Å²) in [5, 5.41) is 12.8. The monoisotopic (exact) mass is 233 g/mol. The summed E-state index contributed by atoms with van der Waals surface area (Å²) in [5.41, 5.74) is 1.79. The van der Waals surface area contributed by atoms with E-state index in [0.29, 0.717) is 18.3 Å². The van der Waals surface area contributed by atoms with E-state index >= 15 is 0 Å². The fraction of sp³-hybridized carbons (Fsp3) is 0.333. The number of aryl methyl sites for hydroxylation is 2. The van der Waals surface area contributed by atoms with Crippen LogP contribution in [0.5, 0.6) is 0 Å². The van der Waals surface area contributed by atoms with Crippen molar-refractivity contribution in [2.45, 2.75) is 20.0 Å². The van der Waals surface area contributed by atoms with Crippen LogP contribution in [-0.4, -0.2) is 21.6 Å². The predicted molar refractivity (Wildman–Crippen MR) is 63.7 cm³/mol. The zero-order valence-electron chi connectivity index (χ0n) is 9.84. The van der Waals surface area contributed by atoms with Gasteiger partial charge in [-0.1, -0.05) is 0 Å². The van der Waals surface area contributed by atoms with Gasteiger partial charge in [0.15, 0.2) is 0 Å². The third-order valence-electron chi connectivity index (χ3n) is 2.31. The van der Waals surface area contributed by atoms with Crippen LogP contribution in [-0.2, 0) is 0 Å². The molecule has 2 N–H and O–H groups in total. The van der Waals surface area contributed by atoms with Gasteiger partial charge < -0.3 is 14.8 Å². The standard InChI is InChI=1S/C12H15N3O2/c1-8-6-9(2)15-12(14-8)13-7-10(16)11-4-3-5-17-11/h3-6,10,16H,7H2,1-2H3,(H,13,14,15). The number of anilines is 1. The lowest BCUT2D eigenvalue weighted by molar-refractivity contribution is 0.162. The summed E-state index contributed by atoms with van der Waals surface area (Å²) in [7, 11) is 0. The van der Waals surface area contributed by atoms with E-state index in [2.05, 4.69) is 15.3 Å². The number of hydrogen-bond donors (Lipinski definition) is 2. The average molecular weight is 233 g/mol. The second kappa shape index (κ2) is 4.97. The molecule has 5 nitrogen and oxygen atoms in total. The van der Waals surface area contributed by atoms with Crippen molar-refractivity contribution in [1.82, 2.24) is 9.97 Å². The van der Waals surface area contributed by atoms with Crippen molar-refractivity contribution in [3.05, 3.63) is 41.6 Å². The second-order valence-corrected chi connectivity index (χ2v) is 3.89. The van der Waals surface area contributed by atoms with Crippen molar-refractivity contribution in [2.24, 2.45) is 0 Å². The Hall–Kier alpha value is -1.88. The van der Waals surface area contributed by atoms with Crippen LogP contribution < -0.4 is 5.32 Å². The van der Waals surface area contributed by atoms with Crippen LogP contribution >= 0.6 is 0 Å². The molecule has 1 atom stereocenters. The molecule has 2 rings (SSSR count). The van der Waals surface area contributed by atoms with Crippen LogP contribution in [0.2, 0.25) is 0 Å². The summed E-state index contributed by atoms with van der Waals surface area (Å²) in [6, 6.07) is 5.37. The highest BCUT2D eigenvalue weighted by atomic mass is 16.4. The van der Waals surface area contributed by atoms with Gasteiger partial charge in [0.05, 0.1) is 12.8 Å². The molecule has 2 aromatic heterocycles. The fourth-order valence-electron chi connectivity index (χ4n) is 1.57. The van der Waals surface area contributed by atoms with Crippen LogP contribution in [0.4, 0.5) is 5.95 Å². The molecule has 1 unspecified atom stereocenters. The van der Waals surface area contributed by atoms with Gasteiger partial charge in [0.2, 0.25) is 5.95 Å². The smallest absolute Gasteiger partial charge is 0.223 e. The number of aliphatic hydroxyl groups is 1. The molecule has 0 aliphatic carbocycles. The Morgan fingerprint density at radius 3 is 2.65 bits per heavy atom. The molecule has 0 saturated carbocycles. The molecule has 0 aromatic carbocycles. The molecule has 2 heterocycles. The molecule has 0 fully saturated rings. The lowest BCUT2D eigenvalue weighted by atomic mass is 10.3. The summed E-state index contributed by atoms with van der Waals surface area (Å²) >= 11 is 0. The largest absolute Gasteiger partial charge is 0.467 e. The minimum absolute atomic E-state index is 0.316. The van der Waals surface area contributed by atoms with Gasteiger partial charge in [-0.25, -0.2) is 9.97 Å². The Balaban J connectivity index is 1.98. The summed E-state index contributed by atoms with van der Waals surface area (Å²) < 4.78 is 5.10. The van der Waals surface area contributed by atoms with Gasteiger partial charge >= 0.3 is 0 Å². The van der Waals surface area contributed by atoms with Gasteiger partial charge in [-0.15, -0.1) is 0 Å². The lowest BCUT2D eigenvalue weighted by Crippen LogP contribution is -2.14. The van der Waals surface area contributed by atoms with Gasteiger partial charge in [-0.2, -0.15) is 0 Å². The molecule has 5 heteroatoms. The molecule has 0 amide bonds. The summed E-state index contributed by atoms with van der Waals surface area (Å²) in [6.45, 7) is 4.13. The van der Waals surface area contributed by atoms with E-state index in [4.69, 9.17) is 4.42 Å². The summed E-state index contributed by atoms with van der Waals surface area (Å²) in [5.74, 6) is 1.05. The van der Waals surface area contributed by atoms with E-state index in [1.165, 1.54) is 6.26 Å². The van der Waals surface area contributed by atoms with Gasteiger partial charge in [0.1, 0.15) is 11.9 Å². The number of nitrogens with zero attached hydrogens (tertiary/aromatic N) is 2. The molecule has 2 aromatic rings. The number of furan rings is 1. The molecule has 0 aliphatic heterocycles. The van der Waals surface area contributed by atoms with E-state index in [-0.39, 0.29) is 0 Å². The number of rotatable bonds is 4. The molecule has 0 bridgehead atoms. The highest BCUT2D eigenvalue weighted by Crippen LogP contribution is 2.13. The predicted octanol–water partition coefficient (Wildman–Crippen LogP) is 1.83. The fourth-order valence-corrected chi connectivity index (χ4v) is 1.57. The number of aliphatic hydroxyl groups excluding tert-OH is 1. The summed E-state index contributed by atoms with van der Waals surface area (Å²) in [4.78, 5) is 8.45. The first-order valence-corrected chi connectivity index (χ1v) is 5.43. The Kier molecular flexibility index (Phi) is 3.39.